The molecule has 0 radical (unpaired) electrons. The lowest BCUT2D eigenvalue weighted by atomic mass is 10.1. The third-order valence-corrected chi connectivity index (χ3v) is 5.13. The highest BCUT2D eigenvalue weighted by atomic mass is 35.5. The molecule has 0 aliphatic rings. The van der Waals surface area contributed by atoms with Gasteiger partial charge < -0.3 is 10.6 Å². The van der Waals surface area contributed by atoms with Gasteiger partial charge in [-0.05, 0) is 61.5 Å². The number of benzene rings is 2. The standard InChI is InChI=1S/C16H18ClN3O2S2/c1-10-14(17)4-3-5-15(10)20-16(23)19-11(2)12-6-8-13(9-7-12)24(18,21)22/h3-9,11H,1-2H3,(H2,18,21,22)(H2,19,20,23)/t11-/m0/s1. The maximum Gasteiger partial charge on any atom is 0.238 e. The van der Waals surface area contributed by atoms with Gasteiger partial charge in [0.1, 0.15) is 0 Å². The Balaban J connectivity index is 2.05. The molecular weight excluding hydrogens is 366 g/mol. The first-order valence-corrected chi connectivity index (χ1v) is 9.47. The van der Waals surface area contributed by atoms with E-state index in [1.807, 2.05) is 32.0 Å². The molecule has 8 heteroatoms. The minimum Gasteiger partial charge on any atom is -0.356 e. The van der Waals surface area contributed by atoms with E-state index in [4.69, 9.17) is 29.0 Å². The normalized spacial score (nSPS) is 12.5. The summed E-state index contributed by atoms with van der Waals surface area (Å²) in [6.07, 6.45) is 0. The van der Waals surface area contributed by atoms with E-state index in [1.54, 1.807) is 12.1 Å². The molecule has 0 saturated heterocycles. The Morgan fingerprint density at radius 3 is 2.42 bits per heavy atom. The predicted octanol–water partition coefficient (Wildman–Crippen LogP) is 3.34. The SMILES string of the molecule is Cc1c(Cl)cccc1NC(=S)N[C@@H](C)c1ccc(S(N)(=O)=O)cc1. The van der Waals surface area contributed by atoms with Crippen molar-refractivity contribution >= 4 is 44.6 Å². The number of primary sulfonamides is 1. The van der Waals surface area contributed by atoms with Crippen LogP contribution >= 0.6 is 23.8 Å². The molecule has 0 bridgehead atoms. The van der Waals surface area contributed by atoms with Crippen LogP contribution in [-0.4, -0.2) is 13.5 Å². The van der Waals surface area contributed by atoms with Gasteiger partial charge in [0.25, 0.3) is 0 Å². The Hall–Kier alpha value is -1.67. The lowest BCUT2D eigenvalue weighted by Crippen LogP contribution is -2.31. The number of halogens is 1. The summed E-state index contributed by atoms with van der Waals surface area (Å²) >= 11 is 11.4. The van der Waals surface area contributed by atoms with Gasteiger partial charge >= 0.3 is 0 Å². The van der Waals surface area contributed by atoms with E-state index in [2.05, 4.69) is 10.6 Å². The van der Waals surface area contributed by atoms with Crippen LogP contribution in [0.5, 0.6) is 0 Å². The zero-order valence-electron chi connectivity index (χ0n) is 13.2. The highest BCUT2D eigenvalue weighted by Crippen LogP contribution is 2.23. The second-order valence-corrected chi connectivity index (χ2v) is 7.72. The summed E-state index contributed by atoms with van der Waals surface area (Å²) < 4.78 is 22.5. The van der Waals surface area contributed by atoms with Crippen molar-refractivity contribution in [1.82, 2.24) is 5.32 Å². The van der Waals surface area contributed by atoms with Crippen LogP contribution in [0.25, 0.3) is 0 Å². The van der Waals surface area contributed by atoms with E-state index in [1.165, 1.54) is 12.1 Å². The van der Waals surface area contributed by atoms with E-state index < -0.39 is 10.0 Å². The number of nitrogens with two attached hydrogens (primary N) is 1. The molecule has 0 fully saturated rings. The van der Waals surface area contributed by atoms with Crippen LogP contribution in [0.15, 0.2) is 47.4 Å². The molecule has 0 aliphatic carbocycles. The largest absolute Gasteiger partial charge is 0.356 e. The van der Waals surface area contributed by atoms with E-state index >= 15 is 0 Å². The fourth-order valence-electron chi connectivity index (χ4n) is 2.13. The third kappa shape index (κ3) is 4.67. The summed E-state index contributed by atoms with van der Waals surface area (Å²) in [7, 11) is -3.69. The predicted molar refractivity (Wildman–Crippen MR) is 102 cm³/mol. The Labute approximate surface area is 152 Å². The minimum atomic E-state index is -3.69. The average Bonchev–Trinajstić information content (AvgIpc) is 2.51. The van der Waals surface area contributed by atoms with Crippen molar-refractivity contribution in [3.8, 4) is 0 Å². The number of rotatable bonds is 4. The van der Waals surface area contributed by atoms with Gasteiger partial charge in [0.05, 0.1) is 10.9 Å². The summed E-state index contributed by atoms with van der Waals surface area (Å²) in [6.45, 7) is 3.83. The monoisotopic (exact) mass is 383 g/mol. The maximum absolute atomic E-state index is 11.3. The van der Waals surface area contributed by atoms with Crippen LogP contribution in [-0.2, 0) is 10.0 Å². The highest BCUT2D eigenvalue weighted by molar-refractivity contribution is 7.89. The van der Waals surface area contributed by atoms with Crippen LogP contribution in [0.4, 0.5) is 5.69 Å². The second-order valence-electron chi connectivity index (χ2n) is 5.35. The molecule has 128 valence electrons. The van der Waals surface area contributed by atoms with Gasteiger partial charge in [-0.3, -0.25) is 0 Å². The lowest BCUT2D eigenvalue weighted by molar-refractivity contribution is 0.597. The molecule has 0 aromatic heterocycles. The van der Waals surface area contributed by atoms with Gasteiger partial charge in [-0.15, -0.1) is 0 Å². The first-order chi connectivity index (χ1) is 11.2. The molecule has 2 rings (SSSR count). The zero-order chi connectivity index (χ0) is 17.9. The van der Waals surface area contributed by atoms with Crippen molar-refractivity contribution < 1.29 is 8.42 Å². The summed E-state index contributed by atoms with van der Waals surface area (Å²) in [5.74, 6) is 0. The molecule has 5 nitrogen and oxygen atoms in total. The Morgan fingerprint density at radius 1 is 1.21 bits per heavy atom. The lowest BCUT2D eigenvalue weighted by Gasteiger charge is -2.18. The fraction of sp³-hybridized carbons (Fsp3) is 0.188. The number of anilines is 1. The molecule has 0 amide bonds. The first-order valence-electron chi connectivity index (χ1n) is 7.14. The molecule has 0 unspecified atom stereocenters. The maximum atomic E-state index is 11.3. The summed E-state index contributed by atoms with van der Waals surface area (Å²) in [5.41, 5.74) is 2.62. The molecule has 0 heterocycles. The molecule has 2 aromatic rings. The molecule has 0 saturated carbocycles. The number of nitrogens with one attached hydrogen (secondary N) is 2. The van der Waals surface area contributed by atoms with Crippen molar-refractivity contribution in [2.45, 2.75) is 24.8 Å². The summed E-state index contributed by atoms with van der Waals surface area (Å²) in [6, 6.07) is 11.8. The molecule has 4 N–H and O–H groups in total. The molecule has 2 aromatic carbocycles. The van der Waals surface area contributed by atoms with Crippen molar-refractivity contribution in [2.24, 2.45) is 5.14 Å². The van der Waals surface area contributed by atoms with Gasteiger partial charge in [-0.25, -0.2) is 13.6 Å². The molecule has 0 spiro atoms. The van der Waals surface area contributed by atoms with Crippen molar-refractivity contribution in [3.05, 3.63) is 58.6 Å². The van der Waals surface area contributed by atoms with Gasteiger partial charge in [-0.1, -0.05) is 29.8 Å². The number of sulfonamides is 1. The van der Waals surface area contributed by atoms with Crippen molar-refractivity contribution in [2.75, 3.05) is 5.32 Å². The number of hydrogen-bond donors (Lipinski definition) is 3. The van der Waals surface area contributed by atoms with Crippen molar-refractivity contribution in [1.29, 1.82) is 0 Å². The average molecular weight is 384 g/mol. The Morgan fingerprint density at radius 2 is 1.83 bits per heavy atom. The minimum absolute atomic E-state index is 0.0775. The van der Waals surface area contributed by atoms with E-state index in [0.717, 1.165) is 16.8 Å². The van der Waals surface area contributed by atoms with Crippen molar-refractivity contribution in [3.63, 3.8) is 0 Å². The number of thiocarbonyl (C=S) groups is 1. The fourth-order valence-corrected chi connectivity index (χ4v) is 3.10. The van der Waals surface area contributed by atoms with Crippen LogP contribution in [0.1, 0.15) is 24.1 Å². The van der Waals surface area contributed by atoms with E-state index in [9.17, 15) is 8.42 Å². The molecule has 0 aliphatic heterocycles. The van der Waals surface area contributed by atoms with Gasteiger partial charge in [0.2, 0.25) is 10.0 Å². The van der Waals surface area contributed by atoms with Gasteiger partial charge in [0, 0.05) is 10.7 Å². The van der Waals surface area contributed by atoms with Gasteiger partial charge in [-0.2, -0.15) is 0 Å². The Kier molecular flexibility index (Phi) is 5.82. The molecular formula is C16H18ClN3O2S2. The topological polar surface area (TPSA) is 84.2 Å². The van der Waals surface area contributed by atoms with Crippen LogP contribution in [0.2, 0.25) is 5.02 Å². The quantitative estimate of drug-likeness (QED) is 0.705. The van der Waals surface area contributed by atoms with Gasteiger partial charge in [0.15, 0.2) is 5.11 Å². The first kappa shape index (κ1) is 18.7. The Bertz CT molecular complexity index is 852. The zero-order valence-corrected chi connectivity index (χ0v) is 15.6. The smallest absolute Gasteiger partial charge is 0.238 e. The van der Waals surface area contributed by atoms with Crippen LogP contribution < -0.4 is 15.8 Å². The highest BCUT2D eigenvalue weighted by Gasteiger charge is 2.11. The van der Waals surface area contributed by atoms with Crippen LogP contribution in [0.3, 0.4) is 0 Å². The summed E-state index contributed by atoms with van der Waals surface area (Å²) in [4.78, 5) is 0.0775. The molecule has 1 atom stereocenters. The second kappa shape index (κ2) is 7.48. The third-order valence-electron chi connectivity index (χ3n) is 3.57. The van der Waals surface area contributed by atoms with Crippen LogP contribution in [0, 0.1) is 6.92 Å². The number of hydrogen-bond acceptors (Lipinski definition) is 3. The van der Waals surface area contributed by atoms with E-state index in [-0.39, 0.29) is 10.9 Å². The van der Waals surface area contributed by atoms with E-state index in [0.29, 0.717) is 10.1 Å². The summed E-state index contributed by atoms with van der Waals surface area (Å²) in [5, 5.41) is 12.5. The molecule has 24 heavy (non-hydrogen) atoms.